The van der Waals surface area contributed by atoms with Crippen molar-refractivity contribution in [3.05, 3.63) is 10.6 Å². The average molecular weight is 328 g/mol. The maximum Gasteiger partial charge on any atom is 0.177 e. The van der Waals surface area contributed by atoms with Crippen molar-refractivity contribution in [2.24, 2.45) is 5.73 Å². The average Bonchev–Trinajstić information content (AvgIpc) is 2.48. The fraction of sp³-hybridized carbons (Fsp3) is 0.417. The summed E-state index contributed by atoms with van der Waals surface area (Å²) < 4.78 is 0. The van der Waals surface area contributed by atoms with Crippen molar-refractivity contribution in [3.63, 3.8) is 0 Å². The Morgan fingerprint density at radius 3 is 1.84 bits per heavy atom. The van der Waals surface area contributed by atoms with E-state index in [2.05, 4.69) is 0 Å². The van der Waals surface area contributed by atoms with Crippen LogP contribution in [-0.2, 0) is 10.3 Å². The molecule has 13 heteroatoms. The summed E-state index contributed by atoms with van der Waals surface area (Å²) in [6.07, 6.45) is -0.571. The molecule has 2 atom stereocenters. The summed E-state index contributed by atoms with van der Waals surface area (Å²) in [6, 6.07) is 0. The fourth-order valence-electron chi connectivity index (χ4n) is 3.00. The lowest BCUT2D eigenvalue weighted by Crippen LogP contribution is -2.71. The Labute approximate surface area is 164 Å². The number of carbonyl (C=O) groups excluding carboxylic acids is 1. The third-order valence-corrected chi connectivity index (χ3v) is 5.16. The molecule has 1 aliphatic rings. The van der Waals surface area contributed by atoms with Gasteiger partial charge in [-0.05, 0) is 12.0 Å². The first-order valence-corrected chi connectivity index (χ1v) is 7.34. The van der Waals surface area contributed by atoms with E-state index in [0.29, 0.717) is 0 Å². The van der Waals surface area contributed by atoms with Gasteiger partial charge in [0.2, 0.25) is 0 Å². The van der Waals surface area contributed by atoms with Crippen molar-refractivity contribution in [2.75, 3.05) is 0 Å². The van der Waals surface area contributed by atoms with Crippen molar-refractivity contribution in [1.29, 1.82) is 0 Å². The van der Waals surface area contributed by atoms with E-state index in [-0.39, 0.29) is 32.4 Å². The Morgan fingerprint density at radius 1 is 0.920 bits per heavy atom. The van der Waals surface area contributed by atoms with Crippen LogP contribution in [0.1, 0.15) is 12.0 Å². The molecule has 1 aliphatic carbocycles. The molecule has 2 rings (SSSR count). The third kappa shape index (κ3) is 2.58. The lowest BCUT2D eigenvalue weighted by molar-refractivity contribution is -0.141. The zero-order valence-corrected chi connectivity index (χ0v) is 14.0. The quantitative estimate of drug-likeness (QED) is 0.506. The summed E-state index contributed by atoms with van der Waals surface area (Å²) in [5, 5.41) is 5.68. The number of carbonyl (C=O) groups is 1. The first kappa shape index (κ1) is 21.0. The number of nitrogens with two attached hydrogens (primary N) is 1. The minimum absolute atomic E-state index is 0.0973. The highest BCUT2D eigenvalue weighted by molar-refractivity contribution is 6.66. The van der Waals surface area contributed by atoms with Crippen LogP contribution in [0.25, 0.3) is 0 Å². The Balaban J connectivity index is 2.87. The highest BCUT2D eigenvalue weighted by Gasteiger charge is 2.63. The second-order valence-corrected chi connectivity index (χ2v) is 6.87. The molecule has 0 bridgehead atoms. The minimum atomic E-state index is -2.91. The predicted molar refractivity (Wildman–Crippen MR) is 108 cm³/mol. The molecule has 3 nitrogen and oxygen atoms in total. The summed E-state index contributed by atoms with van der Waals surface area (Å²) in [6.45, 7) is 0. The van der Waals surface area contributed by atoms with Crippen LogP contribution in [0.2, 0.25) is 15.5 Å². The van der Waals surface area contributed by atoms with E-state index in [4.69, 9.17) is 88.0 Å². The maximum absolute atomic E-state index is 12.9. The molecular formula is C12H5B9ClNO2. The van der Waals surface area contributed by atoms with E-state index in [1.807, 2.05) is 0 Å². The van der Waals surface area contributed by atoms with E-state index in [9.17, 15) is 9.90 Å². The molecule has 0 aliphatic heterocycles. The lowest BCUT2D eigenvalue weighted by atomic mass is 9.19. The van der Waals surface area contributed by atoms with Crippen LogP contribution in [0.5, 0.6) is 0 Å². The normalized spacial score (nSPS) is 30.9. The number of hydrogen-bond acceptors (Lipinski definition) is 3. The largest absolute Gasteiger partial charge is 0.393 e. The molecule has 1 aromatic rings. The summed E-state index contributed by atoms with van der Waals surface area (Å²) in [5.41, 5.74) is 0.214. The second kappa shape index (κ2) is 5.84. The van der Waals surface area contributed by atoms with Crippen LogP contribution in [0.15, 0.2) is 0 Å². The molecule has 1 fully saturated rings. The lowest BCUT2D eigenvalue weighted by Gasteiger charge is -2.61. The number of Topliss-reactive ketones (excluding diaryl/α,β-unsaturated/α-hetero) is 1. The van der Waals surface area contributed by atoms with E-state index in [1.54, 1.807) is 0 Å². The zero-order valence-electron chi connectivity index (χ0n) is 13.2. The molecular weight excluding hydrogens is 323 g/mol. The van der Waals surface area contributed by atoms with Gasteiger partial charge in [0.05, 0.1) is 36.9 Å². The summed E-state index contributed by atoms with van der Waals surface area (Å²) >= 11 is 6.18. The first-order valence-electron chi connectivity index (χ1n) is 6.96. The number of hydrogen-bond donors (Lipinski definition) is 2. The number of ketones is 1. The standard InChI is InChI=1S/C12H5B9ClNO2/c13-3-2(7(22)6(16)5(15)4(3)14)9(23)1-10(17,18)12(20,21)11(19,25)8(9)24/h25H,1,23H2. The van der Waals surface area contributed by atoms with Crippen molar-refractivity contribution >= 4 is 110 Å². The van der Waals surface area contributed by atoms with Gasteiger partial charge < -0.3 is 10.8 Å². The smallest absolute Gasteiger partial charge is 0.177 e. The number of halogens is 1. The van der Waals surface area contributed by atoms with Gasteiger partial charge in [-0.3, -0.25) is 4.79 Å². The molecule has 1 saturated carbocycles. The molecule has 0 heterocycles. The highest BCUT2D eigenvalue weighted by atomic mass is 35.5. The SMILES string of the molecule is [B]c1c([B])c([B])c(C2(N)CC([B])([B])C([B])([B])C([B])(O)C2=O)c(Cl)c1[B]. The van der Waals surface area contributed by atoms with E-state index in [1.165, 1.54) is 0 Å². The van der Waals surface area contributed by atoms with Crippen LogP contribution in [0, 0.1) is 0 Å². The molecule has 0 amide bonds. The molecule has 0 aromatic heterocycles. The Bertz CT molecular complexity index is 753. The van der Waals surface area contributed by atoms with Gasteiger partial charge in [-0.15, -0.1) is 16.1 Å². The van der Waals surface area contributed by atoms with Gasteiger partial charge in [0.15, 0.2) is 5.78 Å². The highest BCUT2D eigenvalue weighted by Crippen LogP contribution is 2.59. The van der Waals surface area contributed by atoms with Gasteiger partial charge in [-0.1, -0.05) is 27.7 Å². The molecule has 0 spiro atoms. The van der Waals surface area contributed by atoms with Crippen molar-refractivity contribution in [3.8, 4) is 0 Å². The van der Waals surface area contributed by atoms with Crippen molar-refractivity contribution in [2.45, 2.75) is 27.9 Å². The van der Waals surface area contributed by atoms with Gasteiger partial charge in [0.25, 0.3) is 0 Å². The van der Waals surface area contributed by atoms with E-state index >= 15 is 0 Å². The Hall–Kier alpha value is -0.316. The number of aliphatic hydroxyl groups is 1. The molecule has 104 valence electrons. The van der Waals surface area contributed by atoms with Gasteiger partial charge in [0.1, 0.15) is 44.8 Å². The number of rotatable bonds is 1. The van der Waals surface area contributed by atoms with Gasteiger partial charge in [0, 0.05) is 5.02 Å². The molecule has 25 heavy (non-hydrogen) atoms. The van der Waals surface area contributed by atoms with Crippen molar-refractivity contribution < 1.29 is 9.90 Å². The van der Waals surface area contributed by atoms with Gasteiger partial charge in [-0.2, -0.15) is 0 Å². The molecule has 0 saturated heterocycles. The Kier molecular flexibility index (Phi) is 4.90. The first-order chi connectivity index (χ1) is 11.0. The molecule has 1 aromatic carbocycles. The minimum Gasteiger partial charge on any atom is -0.393 e. The van der Waals surface area contributed by atoms with Crippen LogP contribution in [0.3, 0.4) is 0 Å². The number of benzene rings is 1. The fourth-order valence-corrected chi connectivity index (χ4v) is 3.38. The van der Waals surface area contributed by atoms with Crippen LogP contribution < -0.4 is 27.6 Å². The summed E-state index contributed by atoms with van der Waals surface area (Å²) in [4.78, 5) is 12.9. The molecule has 2 unspecified atom stereocenters. The third-order valence-electron chi connectivity index (χ3n) is 4.77. The summed E-state index contributed by atoms with van der Waals surface area (Å²) in [7, 11) is 52.1. The monoisotopic (exact) mass is 329 g/mol. The van der Waals surface area contributed by atoms with Gasteiger partial charge >= 0.3 is 0 Å². The molecule has 18 radical (unpaired) electrons. The zero-order chi connectivity index (χ0) is 19.7. The van der Waals surface area contributed by atoms with Gasteiger partial charge in [-0.25, -0.2) is 0 Å². The maximum atomic E-state index is 12.9. The summed E-state index contributed by atoms with van der Waals surface area (Å²) in [5.74, 6) is -1.21. The van der Waals surface area contributed by atoms with Crippen LogP contribution in [-0.4, -0.2) is 87.0 Å². The van der Waals surface area contributed by atoms with Crippen molar-refractivity contribution in [1.82, 2.24) is 0 Å². The second-order valence-electron chi connectivity index (χ2n) is 6.50. The van der Waals surface area contributed by atoms with Crippen LogP contribution >= 0.6 is 11.6 Å². The van der Waals surface area contributed by atoms with Crippen LogP contribution in [0.4, 0.5) is 0 Å². The Morgan fingerprint density at radius 2 is 1.36 bits per heavy atom. The van der Waals surface area contributed by atoms with E-state index in [0.717, 1.165) is 0 Å². The topological polar surface area (TPSA) is 63.3 Å². The predicted octanol–water partition coefficient (Wildman–Crippen LogP) is -5.59. The molecule has 3 N–H and O–H groups in total. The van der Waals surface area contributed by atoms with E-state index < -0.39 is 33.7 Å².